The summed E-state index contributed by atoms with van der Waals surface area (Å²) in [7, 11) is 1.30. The van der Waals surface area contributed by atoms with Gasteiger partial charge in [-0.3, -0.25) is 4.90 Å². The van der Waals surface area contributed by atoms with E-state index in [1.807, 2.05) is 20.8 Å². The third-order valence-corrected chi connectivity index (χ3v) is 3.24. The molecule has 0 saturated carbocycles. The number of carbonyl (C=O) groups is 2. The first-order valence-electron chi connectivity index (χ1n) is 7.05. The maximum atomic E-state index is 12.6. The Balaban J connectivity index is 3.19. The average Bonchev–Trinajstić information content (AvgIpc) is 2.64. The van der Waals surface area contributed by atoms with Crippen LogP contribution in [0.2, 0.25) is 0 Å². The first kappa shape index (κ1) is 17.8. The molecule has 6 nitrogen and oxygen atoms in total. The third-order valence-electron chi connectivity index (χ3n) is 3.24. The van der Waals surface area contributed by atoms with Gasteiger partial charge in [0.25, 0.3) is 0 Å². The number of methoxy groups -OCH3 is 1. The van der Waals surface area contributed by atoms with E-state index in [1.54, 1.807) is 27.7 Å². The van der Waals surface area contributed by atoms with Gasteiger partial charge >= 0.3 is 12.1 Å². The molecule has 0 spiro atoms. The van der Waals surface area contributed by atoms with E-state index in [0.717, 1.165) is 0 Å². The molecule has 6 heteroatoms. The molecule has 0 radical (unpaired) electrons. The zero-order valence-electron chi connectivity index (χ0n) is 14.3. The Labute approximate surface area is 126 Å². The van der Waals surface area contributed by atoms with Gasteiger partial charge in [-0.05, 0) is 27.7 Å². The van der Waals surface area contributed by atoms with Gasteiger partial charge in [0, 0.05) is 5.41 Å². The van der Waals surface area contributed by atoms with E-state index in [0.29, 0.717) is 0 Å². The van der Waals surface area contributed by atoms with Crippen LogP contribution in [0.5, 0.6) is 0 Å². The Morgan fingerprint density at radius 3 is 2.10 bits per heavy atom. The summed E-state index contributed by atoms with van der Waals surface area (Å²) in [5, 5.41) is 0. The molecular formula is C15H27NO5. The van der Waals surface area contributed by atoms with Crippen molar-refractivity contribution >= 4 is 12.1 Å². The Kier molecular flexibility index (Phi) is 4.63. The topological polar surface area (TPSA) is 65.1 Å². The number of ether oxygens (including phenoxy) is 3. The summed E-state index contributed by atoms with van der Waals surface area (Å²) in [6.45, 7) is 12.9. The molecule has 2 unspecified atom stereocenters. The van der Waals surface area contributed by atoms with Crippen LogP contribution in [0, 0.1) is 5.41 Å². The van der Waals surface area contributed by atoms with Crippen LogP contribution in [0.25, 0.3) is 0 Å². The molecule has 1 heterocycles. The van der Waals surface area contributed by atoms with Gasteiger partial charge in [-0.15, -0.1) is 0 Å². The molecule has 1 aliphatic heterocycles. The lowest BCUT2D eigenvalue weighted by Crippen LogP contribution is -2.58. The SMILES string of the molecule is COC(=O)C1(C)COC(C(C)(C)C)N1C(=O)OC(C)(C)C. The second kappa shape index (κ2) is 5.48. The molecule has 0 aliphatic carbocycles. The van der Waals surface area contributed by atoms with E-state index < -0.39 is 29.4 Å². The summed E-state index contributed by atoms with van der Waals surface area (Å²) in [5.74, 6) is -0.514. The van der Waals surface area contributed by atoms with Crippen LogP contribution in [-0.2, 0) is 19.0 Å². The fourth-order valence-corrected chi connectivity index (χ4v) is 2.27. The zero-order valence-corrected chi connectivity index (χ0v) is 14.3. The van der Waals surface area contributed by atoms with Crippen molar-refractivity contribution in [1.82, 2.24) is 4.90 Å². The summed E-state index contributed by atoms with van der Waals surface area (Å²) in [5.41, 5.74) is -2.20. The van der Waals surface area contributed by atoms with Crippen LogP contribution in [0.1, 0.15) is 48.5 Å². The maximum Gasteiger partial charge on any atom is 0.413 e. The molecule has 0 aromatic rings. The monoisotopic (exact) mass is 301 g/mol. The lowest BCUT2D eigenvalue weighted by Gasteiger charge is -2.39. The largest absolute Gasteiger partial charge is 0.467 e. The zero-order chi connectivity index (χ0) is 16.6. The smallest absolute Gasteiger partial charge is 0.413 e. The molecule has 0 aromatic heterocycles. The Morgan fingerprint density at radius 1 is 1.19 bits per heavy atom. The molecule has 1 amide bonds. The van der Waals surface area contributed by atoms with Crippen molar-refractivity contribution in [3.8, 4) is 0 Å². The molecule has 1 rings (SSSR count). The Morgan fingerprint density at radius 2 is 1.71 bits per heavy atom. The molecule has 1 aliphatic rings. The number of carbonyl (C=O) groups excluding carboxylic acids is 2. The predicted octanol–water partition coefficient (Wildman–Crippen LogP) is 2.56. The van der Waals surface area contributed by atoms with Gasteiger partial charge in [-0.1, -0.05) is 20.8 Å². The highest BCUT2D eigenvalue weighted by Crippen LogP contribution is 2.38. The summed E-state index contributed by atoms with van der Waals surface area (Å²) in [6, 6.07) is 0. The van der Waals surface area contributed by atoms with Crippen LogP contribution in [0.3, 0.4) is 0 Å². The second-order valence-electron chi connectivity index (χ2n) is 7.65. The quantitative estimate of drug-likeness (QED) is 0.696. The van der Waals surface area contributed by atoms with Crippen molar-refractivity contribution in [1.29, 1.82) is 0 Å². The van der Waals surface area contributed by atoms with Gasteiger partial charge in [0.15, 0.2) is 5.54 Å². The molecule has 21 heavy (non-hydrogen) atoms. The van der Waals surface area contributed by atoms with Crippen LogP contribution >= 0.6 is 0 Å². The number of hydrogen-bond acceptors (Lipinski definition) is 5. The van der Waals surface area contributed by atoms with E-state index >= 15 is 0 Å². The van der Waals surface area contributed by atoms with E-state index in [9.17, 15) is 9.59 Å². The molecule has 122 valence electrons. The van der Waals surface area contributed by atoms with Gasteiger partial charge in [0.1, 0.15) is 11.8 Å². The number of hydrogen-bond donors (Lipinski definition) is 0. The van der Waals surface area contributed by atoms with Crippen molar-refractivity contribution < 1.29 is 23.8 Å². The summed E-state index contributed by atoms with van der Waals surface area (Å²) in [4.78, 5) is 26.1. The molecular weight excluding hydrogens is 274 g/mol. The van der Waals surface area contributed by atoms with Gasteiger partial charge in [0.05, 0.1) is 13.7 Å². The van der Waals surface area contributed by atoms with E-state index in [1.165, 1.54) is 12.0 Å². The van der Waals surface area contributed by atoms with Crippen LogP contribution in [0.15, 0.2) is 0 Å². The van der Waals surface area contributed by atoms with Crippen molar-refractivity contribution in [2.24, 2.45) is 5.41 Å². The summed E-state index contributed by atoms with van der Waals surface area (Å²) < 4.78 is 16.0. The van der Waals surface area contributed by atoms with E-state index in [4.69, 9.17) is 14.2 Å². The van der Waals surface area contributed by atoms with Crippen LogP contribution in [-0.4, -0.2) is 48.0 Å². The number of esters is 1. The molecule has 2 atom stereocenters. The predicted molar refractivity (Wildman–Crippen MR) is 77.7 cm³/mol. The van der Waals surface area contributed by atoms with Gasteiger partial charge in [0.2, 0.25) is 0 Å². The third kappa shape index (κ3) is 3.67. The summed E-state index contributed by atoms with van der Waals surface area (Å²) in [6.07, 6.45) is -1.13. The van der Waals surface area contributed by atoms with E-state index in [-0.39, 0.29) is 12.0 Å². The van der Waals surface area contributed by atoms with Crippen molar-refractivity contribution in [2.75, 3.05) is 13.7 Å². The lowest BCUT2D eigenvalue weighted by molar-refractivity contribution is -0.153. The highest BCUT2D eigenvalue weighted by Gasteiger charge is 2.57. The average molecular weight is 301 g/mol. The second-order valence-corrected chi connectivity index (χ2v) is 7.65. The minimum Gasteiger partial charge on any atom is -0.467 e. The first-order valence-corrected chi connectivity index (χ1v) is 7.05. The minimum atomic E-state index is -1.19. The molecule has 0 bridgehead atoms. The number of rotatable bonds is 1. The molecule has 0 aromatic carbocycles. The normalized spacial score (nSPS) is 26.7. The number of nitrogens with zero attached hydrogens (tertiary/aromatic N) is 1. The van der Waals surface area contributed by atoms with Crippen LogP contribution in [0.4, 0.5) is 4.79 Å². The molecule has 0 N–H and O–H groups in total. The van der Waals surface area contributed by atoms with Gasteiger partial charge in [-0.2, -0.15) is 0 Å². The molecule has 1 fully saturated rings. The molecule has 1 saturated heterocycles. The standard InChI is InChI=1S/C15H27NO5/c1-13(2,3)10-16(12(18)21-14(4,5)6)15(7,9-20-10)11(17)19-8/h10H,9H2,1-8H3. The highest BCUT2D eigenvalue weighted by atomic mass is 16.6. The highest BCUT2D eigenvalue weighted by molar-refractivity contribution is 5.86. The fraction of sp³-hybridized carbons (Fsp3) is 0.867. The Bertz CT molecular complexity index is 421. The first-order chi connectivity index (χ1) is 9.33. The summed E-state index contributed by atoms with van der Waals surface area (Å²) >= 11 is 0. The van der Waals surface area contributed by atoms with E-state index in [2.05, 4.69) is 0 Å². The number of amides is 1. The Hall–Kier alpha value is -1.30. The van der Waals surface area contributed by atoms with Gasteiger partial charge < -0.3 is 14.2 Å². The van der Waals surface area contributed by atoms with Crippen molar-refractivity contribution in [3.05, 3.63) is 0 Å². The lowest BCUT2D eigenvalue weighted by atomic mass is 9.91. The van der Waals surface area contributed by atoms with Crippen molar-refractivity contribution in [2.45, 2.75) is 65.8 Å². The minimum absolute atomic E-state index is 0.0842. The van der Waals surface area contributed by atoms with Crippen molar-refractivity contribution in [3.63, 3.8) is 0 Å². The van der Waals surface area contributed by atoms with Crippen LogP contribution < -0.4 is 0 Å². The fourth-order valence-electron chi connectivity index (χ4n) is 2.27. The van der Waals surface area contributed by atoms with Gasteiger partial charge in [-0.25, -0.2) is 9.59 Å². The maximum absolute atomic E-state index is 12.6.